The average molecular weight is 594 g/mol. The van der Waals surface area contributed by atoms with E-state index < -0.39 is 27.5 Å². The molecule has 2 unspecified atom stereocenters. The molecule has 3 aliphatic rings. The number of nitrogens with zero attached hydrogens (tertiary/aromatic N) is 6. The summed E-state index contributed by atoms with van der Waals surface area (Å²) in [4.78, 5) is 20.0. The molecule has 2 fully saturated rings. The number of fused-ring (bicyclic) bond motifs is 6. The number of amides is 1. The van der Waals surface area contributed by atoms with Crippen LogP contribution >= 0.6 is 0 Å². The maximum atomic E-state index is 13.3. The number of hydrogen-bond acceptors (Lipinski definition) is 8. The first-order chi connectivity index (χ1) is 19.4. The van der Waals surface area contributed by atoms with Crippen LogP contribution in [0.3, 0.4) is 0 Å². The van der Waals surface area contributed by atoms with Crippen molar-refractivity contribution in [3.05, 3.63) is 42.2 Å². The van der Waals surface area contributed by atoms with Gasteiger partial charge in [-0.05, 0) is 69.6 Å². The van der Waals surface area contributed by atoms with Crippen molar-refractivity contribution in [1.82, 2.24) is 29.3 Å². The zero-order valence-electron chi connectivity index (χ0n) is 22.3. The topological polar surface area (TPSA) is 124 Å². The average Bonchev–Trinajstić information content (AvgIpc) is 3.23. The molecular weight excluding hydrogens is 563 g/mol. The number of aromatic nitrogens is 5. The highest BCUT2D eigenvalue weighted by molar-refractivity contribution is 7.90. The molecule has 4 bridgehead atoms. The summed E-state index contributed by atoms with van der Waals surface area (Å²) in [6.45, 7) is 3.31. The molecule has 0 aromatic carbocycles. The van der Waals surface area contributed by atoms with Gasteiger partial charge >= 0.3 is 6.18 Å². The fraction of sp³-hybridized carbons (Fsp3) is 0.538. The standard InChI is InChI=1S/C26H30F3N7O4S/c1-17-15-18-5-11-34-12-7-22(32-34)41(38,39)33-24(37)19-3-4-20(30-23(19)35(17)16-18)36-13-6-21(31-36)40-14-2-8-25(9-10-25)26(27,28)29/h3-4,6-7,12-13,17-18H,2,5,8-11,14-16H2,1H3,(H,33,37). The second-order valence-electron chi connectivity index (χ2n) is 11.1. The van der Waals surface area contributed by atoms with Crippen LogP contribution in [0.2, 0.25) is 0 Å². The Hall–Kier alpha value is -3.62. The minimum absolute atomic E-state index is 0.0258. The molecule has 5 heterocycles. The summed E-state index contributed by atoms with van der Waals surface area (Å²) >= 11 is 0. The Labute approximate surface area is 234 Å². The van der Waals surface area contributed by atoms with E-state index in [-0.39, 0.29) is 60.7 Å². The van der Waals surface area contributed by atoms with Crippen molar-refractivity contribution in [1.29, 1.82) is 0 Å². The van der Waals surface area contributed by atoms with Crippen molar-refractivity contribution in [3.8, 4) is 11.7 Å². The minimum atomic E-state index is -4.19. The summed E-state index contributed by atoms with van der Waals surface area (Å²) < 4.78 is 75.9. The van der Waals surface area contributed by atoms with Gasteiger partial charge in [0.05, 0.1) is 17.6 Å². The van der Waals surface area contributed by atoms with Crippen LogP contribution in [0.1, 0.15) is 55.8 Å². The summed E-state index contributed by atoms with van der Waals surface area (Å²) in [5, 5.41) is 8.26. The van der Waals surface area contributed by atoms with Gasteiger partial charge < -0.3 is 9.64 Å². The van der Waals surface area contributed by atoms with E-state index in [0.29, 0.717) is 24.7 Å². The number of anilines is 1. The highest BCUT2D eigenvalue weighted by Gasteiger charge is 2.62. The summed E-state index contributed by atoms with van der Waals surface area (Å²) in [6, 6.07) is 6.06. The van der Waals surface area contributed by atoms with Crippen molar-refractivity contribution in [2.75, 3.05) is 18.1 Å². The summed E-state index contributed by atoms with van der Waals surface area (Å²) in [6.07, 6.45) is 1.29. The van der Waals surface area contributed by atoms with Crippen LogP contribution in [0.15, 0.2) is 41.7 Å². The van der Waals surface area contributed by atoms with Crippen LogP contribution < -0.4 is 14.4 Å². The quantitative estimate of drug-likeness (QED) is 0.429. The summed E-state index contributed by atoms with van der Waals surface area (Å²) in [7, 11) is -4.19. The van der Waals surface area contributed by atoms with Crippen LogP contribution in [-0.4, -0.2) is 64.2 Å². The molecule has 0 spiro atoms. The minimum Gasteiger partial charge on any atom is -0.477 e. The Morgan fingerprint density at radius 1 is 1.15 bits per heavy atom. The Kier molecular flexibility index (Phi) is 6.74. The van der Waals surface area contributed by atoms with Gasteiger partial charge in [-0.25, -0.2) is 14.4 Å². The Balaban J connectivity index is 1.23. The second-order valence-corrected chi connectivity index (χ2v) is 12.7. The van der Waals surface area contributed by atoms with Gasteiger partial charge in [0, 0.05) is 37.6 Å². The third-order valence-corrected chi connectivity index (χ3v) is 9.45. The van der Waals surface area contributed by atoms with E-state index in [1.807, 2.05) is 11.8 Å². The first kappa shape index (κ1) is 27.5. The van der Waals surface area contributed by atoms with Gasteiger partial charge in [-0.15, -0.1) is 5.10 Å². The predicted octanol–water partition coefficient (Wildman–Crippen LogP) is 3.70. The maximum Gasteiger partial charge on any atom is 0.394 e. The molecular formula is C26H30F3N7O4S. The highest BCUT2D eigenvalue weighted by atomic mass is 32.2. The molecule has 3 aromatic heterocycles. The normalized spacial score (nSPS) is 23.1. The monoisotopic (exact) mass is 593 g/mol. The van der Waals surface area contributed by atoms with Crippen LogP contribution in [0, 0.1) is 11.3 Å². The molecule has 1 saturated carbocycles. The smallest absolute Gasteiger partial charge is 0.394 e. The lowest BCUT2D eigenvalue weighted by Gasteiger charge is -2.25. The number of nitrogens with one attached hydrogen (secondary N) is 1. The van der Waals surface area contributed by atoms with Gasteiger partial charge in [-0.3, -0.25) is 9.48 Å². The number of aryl methyl sites for hydroxylation is 1. The van der Waals surface area contributed by atoms with Gasteiger partial charge in [0.2, 0.25) is 5.88 Å². The zero-order valence-corrected chi connectivity index (χ0v) is 23.2. The summed E-state index contributed by atoms with van der Waals surface area (Å²) in [5.74, 6) is 0.423. The predicted molar refractivity (Wildman–Crippen MR) is 140 cm³/mol. The molecule has 2 aliphatic heterocycles. The Morgan fingerprint density at radius 2 is 1.95 bits per heavy atom. The van der Waals surface area contributed by atoms with Crippen molar-refractivity contribution < 1.29 is 31.1 Å². The van der Waals surface area contributed by atoms with Crippen molar-refractivity contribution in [2.45, 2.75) is 69.2 Å². The maximum absolute atomic E-state index is 13.3. The van der Waals surface area contributed by atoms with E-state index in [0.717, 1.165) is 12.8 Å². The van der Waals surface area contributed by atoms with Gasteiger partial charge in [0.25, 0.3) is 15.9 Å². The first-order valence-corrected chi connectivity index (χ1v) is 15.1. The molecule has 220 valence electrons. The largest absolute Gasteiger partial charge is 0.477 e. The van der Waals surface area contributed by atoms with Crippen LogP contribution in [0.25, 0.3) is 5.82 Å². The van der Waals surface area contributed by atoms with Crippen LogP contribution in [0.4, 0.5) is 19.0 Å². The third-order valence-electron chi connectivity index (χ3n) is 8.23. The molecule has 11 nitrogen and oxygen atoms in total. The number of carbonyl (C=O) groups excluding carboxylic acids is 1. The molecule has 1 amide bonds. The van der Waals surface area contributed by atoms with Crippen molar-refractivity contribution >= 4 is 21.7 Å². The van der Waals surface area contributed by atoms with Gasteiger partial charge in [0.15, 0.2) is 10.8 Å². The van der Waals surface area contributed by atoms with Gasteiger partial charge in [0.1, 0.15) is 5.82 Å². The molecule has 1 aliphatic carbocycles. The number of sulfonamides is 1. The van der Waals surface area contributed by atoms with E-state index in [4.69, 9.17) is 9.72 Å². The molecule has 15 heteroatoms. The second kappa shape index (κ2) is 10.0. The SMILES string of the molecule is CC1CC2CCn3ccc(n3)S(=O)(=O)NC(=O)c3ccc(-n4ccc(OCCCC5(C(F)(F)F)CC5)n4)nc3N1C2. The highest BCUT2D eigenvalue weighted by Crippen LogP contribution is 2.60. The van der Waals surface area contributed by atoms with Gasteiger partial charge in [-0.2, -0.15) is 26.7 Å². The lowest BCUT2D eigenvalue weighted by Crippen LogP contribution is -2.35. The fourth-order valence-corrected chi connectivity index (χ4v) is 6.60. The molecule has 0 radical (unpaired) electrons. The Bertz CT molecular complexity index is 1560. The summed E-state index contributed by atoms with van der Waals surface area (Å²) in [5.41, 5.74) is -1.46. The zero-order chi connectivity index (χ0) is 29.0. The molecule has 41 heavy (non-hydrogen) atoms. The molecule has 1 N–H and O–H groups in total. The lowest BCUT2D eigenvalue weighted by molar-refractivity contribution is -0.189. The van der Waals surface area contributed by atoms with E-state index in [1.54, 1.807) is 29.2 Å². The molecule has 2 atom stereocenters. The van der Waals surface area contributed by atoms with E-state index in [1.165, 1.54) is 16.8 Å². The number of carbonyl (C=O) groups is 1. The molecule has 1 saturated heterocycles. The van der Waals surface area contributed by atoms with Crippen molar-refractivity contribution in [2.24, 2.45) is 11.3 Å². The molecule has 3 aromatic rings. The molecule has 6 rings (SSSR count). The van der Waals surface area contributed by atoms with Crippen molar-refractivity contribution in [3.63, 3.8) is 0 Å². The number of pyridine rings is 1. The number of halogens is 3. The number of hydrogen-bond donors (Lipinski definition) is 1. The number of rotatable bonds is 6. The van der Waals surface area contributed by atoms with Crippen LogP contribution in [0.5, 0.6) is 5.88 Å². The van der Waals surface area contributed by atoms with Gasteiger partial charge in [-0.1, -0.05) is 0 Å². The van der Waals surface area contributed by atoms with E-state index in [2.05, 4.69) is 14.9 Å². The first-order valence-electron chi connectivity index (χ1n) is 13.6. The number of alkyl halides is 3. The van der Waals surface area contributed by atoms with Crippen LogP contribution in [-0.2, 0) is 16.6 Å². The number of ether oxygens (including phenoxy) is 1. The Morgan fingerprint density at radius 3 is 2.71 bits per heavy atom. The van der Waals surface area contributed by atoms with E-state index >= 15 is 0 Å². The fourth-order valence-electron chi connectivity index (χ4n) is 5.69. The third kappa shape index (κ3) is 5.38. The lowest BCUT2D eigenvalue weighted by atomic mass is 10.0. The van der Waals surface area contributed by atoms with E-state index in [9.17, 15) is 26.4 Å².